The van der Waals surface area contributed by atoms with Crippen LogP contribution in [-0.4, -0.2) is 41.9 Å². The first-order chi connectivity index (χ1) is 9.73. The van der Waals surface area contributed by atoms with E-state index in [2.05, 4.69) is 27.5 Å². The van der Waals surface area contributed by atoms with Gasteiger partial charge in [0.15, 0.2) is 5.82 Å². The van der Waals surface area contributed by atoms with E-state index in [1.54, 1.807) is 7.11 Å². The predicted molar refractivity (Wildman–Crippen MR) is 80.9 cm³/mol. The highest BCUT2D eigenvalue weighted by atomic mass is 16.5. The van der Waals surface area contributed by atoms with Gasteiger partial charge in [0.25, 0.3) is 0 Å². The molecule has 0 radical (unpaired) electrons. The summed E-state index contributed by atoms with van der Waals surface area (Å²) in [7, 11) is 1.63. The van der Waals surface area contributed by atoms with E-state index in [4.69, 9.17) is 9.84 Å². The van der Waals surface area contributed by atoms with E-state index in [9.17, 15) is 0 Å². The van der Waals surface area contributed by atoms with Gasteiger partial charge >= 0.3 is 0 Å². The lowest BCUT2D eigenvalue weighted by molar-refractivity contribution is 0.178. The molecule has 0 fully saturated rings. The van der Waals surface area contributed by atoms with Gasteiger partial charge in [-0.3, -0.25) is 0 Å². The Morgan fingerprint density at radius 2 is 1.95 bits per heavy atom. The molecular weight excluding hydrogens is 256 g/mol. The van der Waals surface area contributed by atoms with Crippen LogP contribution in [0.2, 0.25) is 0 Å². The number of methoxy groups -OCH3 is 1. The summed E-state index contributed by atoms with van der Waals surface area (Å²) in [6.07, 6.45) is 1.84. The highest BCUT2D eigenvalue weighted by Gasteiger charge is 2.08. The summed E-state index contributed by atoms with van der Waals surface area (Å²) in [6, 6.07) is 1.90. The summed E-state index contributed by atoms with van der Waals surface area (Å²) in [5, 5.41) is 15.5. The van der Waals surface area contributed by atoms with Gasteiger partial charge in [-0.05, 0) is 19.3 Å². The van der Waals surface area contributed by atoms with Crippen molar-refractivity contribution in [2.24, 2.45) is 5.92 Å². The molecule has 6 nitrogen and oxygen atoms in total. The van der Waals surface area contributed by atoms with Crippen molar-refractivity contribution in [2.75, 3.05) is 37.4 Å². The third-order valence-corrected chi connectivity index (χ3v) is 3.09. The van der Waals surface area contributed by atoms with E-state index in [0.717, 1.165) is 37.6 Å². The fourth-order valence-corrected chi connectivity index (χ4v) is 1.94. The Bertz CT molecular complexity index is 363. The summed E-state index contributed by atoms with van der Waals surface area (Å²) in [4.78, 5) is 8.79. The highest BCUT2D eigenvalue weighted by Crippen LogP contribution is 2.14. The van der Waals surface area contributed by atoms with Gasteiger partial charge in [-0.2, -0.15) is 0 Å². The van der Waals surface area contributed by atoms with E-state index >= 15 is 0 Å². The van der Waals surface area contributed by atoms with Crippen molar-refractivity contribution in [3.8, 4) is 0 Å². The highest BCUT2D eigenvalue weighted by molar-refractivity contribution is 5.47. The van der Waals surface area contributed by atoms with Gasteiger partial charge in [0.1, 0.15) is 18.2 Å². The first kappa shape index (κ1) is 16.7. The molecule has 0 aliphatic heterocycles. The summed E-state index contributed by atoms with van der Waals surface area (Å²) in [5.74, 6) is 2.69. The van der Waals surface area contributed by atoms with Crippen LogP contribution in [0.4, 0.5) is 11.6 Å². The molecule has 1 heterocycles. The molecule has 0 saturated heterocycles. The smallest absolute Gasteiger partial charge is 0.158 e. The molecule has 1 atom stereocenters. The van der Waals surface area contributed by atoms with Crippen LogP contribution in [0.25, 0.3) is 0 Å². The van der Waals surface area contributed by atoms with Crippen LogP contribution in [0, 0.1) is 5.92 Å². The lowest BCUT2D eigenvalue weighted by Gasteiger charge is -2.16. The number of rotatable bonds is 10. The van der Waals surface area contributed by atoms with Gasteiger partial charge in [0.2, 0.25) is 0 Å². The molecule has 114 valence electrons. The van der Waals surface area contributed by atoms with E-state index in [-0.39, 0.29) is 6.61 Å². The van der Waals surface area contributed by atoms with Gasteiger partial charge in [0, 0.05) is 32.9 Å². The maximum Gasteiger partial charge on any atom is 0.158 e. The van der Waals surface area contributed by atoms with E-state index in [0.29, 0.717) is 18.3 Å². The molecule has 0 spiro atoms. The third-order valence-electron chi connectivity index (χ3n) is 3.09. The number of nitrogens with zero attached hydrogens (tertiary/aromatic N) is 2. The monoisotopic (exact) mass is 282 g/mol. The Balaban J connectivity index is 2.71. The number of ether oxygens (including phenoxy) is 1. The molecule has 0 bridgehead atoms. The third kappa shape index (κ3) is 5.71. The number of anilines is 2. The van der Waals surface area contributed by atoms with Gasteiger partial charge in [0.05, 0.1) is 0 Å². The van der Waals surface area contributed by atoms with E-state index < -0.39 is 0 Å². The fourth-order valence-electron chi connectivity index (χ4n) is 1.94. The van der Waals surface area contributed by atoms with Gasteiger partial charge in [-0.1, -0.05) is 13.3 Å². The number of hydrogen-bond acceptors (Lipinski definition) is 6. The average Bonchev–Trinajstić information content (AvgIpc) is 2.44. The van der Waals surface area contributed by atoms with Crippen LogP contribution in [0.1, 0.15) is 32.5 Å². The number of nitrogens with one attached hydrogen (secondary N) is 2. The average molecular weight is 282 g/mol. The van der Waals surface area contributed by atoms with Crippen molar-refractivity contribution in [2.45, 2.75) is 33.3 Å². The van der Waals surface area contributed by atoms with Crippen molar-refractivity contribution in [1.29, 1.82) is 0 Å². The molecule has 3 N–H and O–H groups in total. The van der Waals surface area contributed by atoms with Crippen LogP contribution < -0.4 is 10.6 Å². The maximum absolute atomic E-state index is 9.01. The molecule has 0 amide bonds. The van der Waals surface area contributed by atoms with Crippen LogP contribution in [0.15, 0.2) is 6.07 Å². The zero-order valence-corrected chi connectivity index (χ0v) is 12.6. The molecule has 0 aromatic carbocycles. The minimum Gasteiger partial charge on any atom is -0.396 e. The van der Waals surface area contributed by atoms with Crippen molar-refractivity contribution in [1.82, 2.24) is 9.97 Å². The topological polar surface area (TPSA) is 79.3 Å². The molecule has 0 saturated carbocycles. The van der Waals surface area contributed by atoms with Crippen molar-refractivity contribution >= 4 is 11.6 Å². The van der Waals surface area contributed by atoms with Crippen molar-refractivity contribution in [3.63, 3.8) is 0 Å². The molecule has 1 aromatic rings. The number of aliphatic hydroxyl groups excluding tert-OH is 1. The summed E-state index contributed by atoms with van der Waals surface area (Å²) >= 11 is 0. The Labute approximate surface area is 121 Å². The summed E-state index contributed by atoms with van der Waals surface area (Å²) < 4.78 is 5.09. The summed E-state index contributed by atoms with van der Waals surface area (Å²) in [6.45, 7) is 6.38. The van der Waals surface area contributed by atoms with Crippen LogP contribution in [0.5, 0.6) is 0 Å². The van der Waals surface area contributed by atoms with E-state index in [1.807, 2.05) is 13.0 Å². The standard InChI is InChI=1S/C14H26N4O2/c1-4-11(6-7-19)9-16-13-8-12(15-5-2)17-14(18-13)10-20-3/h8,11,19H,4-7,9-10H2,1-3H3,(H2,15,16,17,18). The second kappa shape index (κ2) is 9.50. The molecule has 0 aliphatic carbocycles. The molecule has 0 aliphatic rings. The first-order valence-electron chi connectivity index (χ1n) is 7.18. The SMILES string of the molecule is CCNc1cc(NCC(CC)CCO)nc(COC)n1. The molecule has 20 heavy (non-hydrogen) atoms. The predicted octanol–water partition coefficient (Wildman–Crippen LogP) is 1.88. The van der Waals surface area contributed by atoms with Crippen molar-refractivity contribution < 1.29 is 9.84 Å². The fraction of sp³-hybridized carbons (Fsp3) is 0.714. The summed E-state index contributed by atoms with van der Waals surface area (Å²) in [5.41, 5.74) is 0. The molecule has 6 heteroatoms. The molecule has 1 aromatic heterocycles. The second-order valence-electron chi connectivity index (χ2n) is 4.69. The Morgan fingerprint density at radius 1 is 1.25 bits per heavy atom. The molecule has 1 unspecified atom stereocenters. The number of hydrogen-bond donors (Lipinski definition) is 3. The van der Waals surface area contributed by atoms with E-state index in [1.165, 1.54) is 0 Å². The molecule has 1 rings (SSSR count). The van der Waals surface area contributed by atoms with Crippen molar-refractivity contribution in [3.05, 3.63) is 11.9 Å². The van der Waals surface area contributed by atoms with Gasteiger partial charge in [-0.15, -0.1) is 0 Å². The second-order valence-corrected chi connectivity index (χ2v) is 4.69. The zero-order chi connectivity index (χ0) is 14.8. The van der Waals surface area contributed by atoms with Crippen LogP contribution >= 0.6 is 0 Å². The van der Waals surface area contributed by atoms with Crippen LogP contribution in [-0.2, 0) is 11.3 Å². The maximum atomic E-state index is 9.01. The Hall–Kier alpha value is -1.40. The molecular formula is C14H26N4O2. The van der Waals surface area contributed by atoms with Gasteiger partial charge in [-0.25, -0.2) is 9.97 Å². The minimum atomic E-state index is 0.224. The normalized spacial score (nSPS) is 12.2. The van der Waals surface area contributed by atoms with Gasteiger partial charge < -0.3 is 20.5 Å². The largest absolute Gasteiger partial charge is 0.396 e. The number of aliphatic hydroxyl groups is 1. The Kier molecular flexibility index (Phi) is 7.91. The zero-order valence-electron chi connectivity index (χ0n) is 12.6. The Morgan fingerprint density at radius 3 is 2.50 bits per heavy atom. The quantitative estimate of drug-likeness (QED) is 0.608. The number of aromatic nitrogens is 2. The lowest BCUT2D eigenvalue weighted by Crippen LogP contribution is -2.16. The first-order valence-corrected chi connectivity index (χ1v) is 7.18. The van der Waals surface area contributed by atoms with Crippen LogP contribution in [0.3, 0.4) is 0 Å². The lowest BCUT2D eigenvalue weighted by atomic mass is 10.0. The minimum absolute atomic E-state index is 0.224.